The fourth-order valence-electron chi connectivity index (χ4n) is 3.86. The molecule has 9 nitrogen and oxygen atoms in total. The van der Waals surface area contributed by atoms with Gasteiger partial charge in [-0.15, -0.1) is 0 Å². The van der Waals surface area contributed by atoms with E-state index in [0.717, 1.165) is 5.56 Å². The van der Waals surface area contributed by atoms with E-state index < -0.39 is 18.1 Å². The number of likely N-dealkylation sites (tertiary alicyclic amines) is 1. The highest BCUT2D eigenvalue weighted by Crippen LogP contribution is 2.38. The second-order valence-corrected chi connectivity index (χ2v) is 7.13. The number of aliphatic hydroxyl groups excluding tert-OH is 1. The number of aliphatic imine (C=N–C) groups is 1. The van der Waals surface area contributed by atoms with Crippen molar-refractivity contribution >= 4 is 23.6 Å². The molecule has 0 radical (unpaired) electrons. The van der Waals surface area contributed by atoms with Crippen LogP contribution in [-0.4, -0.2) is 86.2 Å². The summed E-state index contributed by atoms with van der Waals surface area (Å²) in [5.74, 6) is 0.879. The highest BCUT2D eigenvalue weighted by atomic mass is 16.5. The zero-order valence-corrected chi connectivity index (χ0v) is 17.8. The number of amides is 1. The van der Waals surface area contributed by atoms with Crippen LogP contribution in [0.3, 0.4) is 0 Å². The first-order valence-electron chi connectivity index (χ1n) is 9.61. The Morgan fingerprint density at radius 1 is 1.10 bits per heavy atom. The van der Waals surface area contributed by atoms with E-state index in [9.17, 15) is 14.7 Å². The van der Waals surface area contributed by atoms with Gasteiger partial charge in [-0.2, -0.15) is 0 Å². The van der Waals surface area contributed by atoms with Gasteiger partial charge in [-0.1, -0.05) is 6.08 Å². The molecule has 0 aromatic heterocycles. The number of carbonyl (C=O) groups is 2. The topological polar surface area (TPSA) is 101 Å². The highest BCUT2D eigenvalue weighted by Gasteiger charge is 2.50. The summed E-state index contributed by atoms with van der Waals surface area (Å²) >= 11 is 0. The lowest BCUT2D eigenvalue weighted by molar-refractivity contribution is -0.150. The lowest BCUT2D eigenvalue weighted by Gasteiger charge is -2.38. The number of ketones is 1. The van der Waals surface area contributed by atoms with Gasteiger partial charge in [-0.25, -0.2) is 4.99 Å². The molecule has 0 aliphatic carbocycles. The van der Waals surface area contributed by atoms with E-state index in [1.165, 1.54) is 12.0 Å². The maximum atomic E-state index is 12.8. The monoisotopic (exact) mass is 417 g/mol. The molecule has 1 N–H and O–H groups in total. The molecular formula is C21H27N3O6. The van der Waals surface area contributed by atoms with Gasteiger partial charge in [0.25, 0.3) is 0 Å². The maximum Gasteiger partial charge on any atom is 0.234 e. The van der Waals surface area contributed by atoms with Crippen LogP contribution in [0.5, 0.6) is 17.2 Å². The largest absolute Gasteiger partial charge is 0.493 e. The minimum atomic E-state index is -0.730. The van der Waals surface area contributed by atoms with Crippen LogP contribution >= 0.6 is 0 Å². The molecule has 0 saturated carbocycles. The first kappa shape index (κ1) is 21.6. The molecule has 1 amide bonds. The molecule has 162 valence electrons. The molecule has 2 aliphatic rings. The number of amidine groups is 1. The number of aliphatic hydroxyl groups is 1. The first-order valence-corrected chi connectivity index (χ1v) is 9.61. The first-order chi connectivity index (χ1) is 14.4. The zero-order valence-electron chi connectivity index (χ0n) is 17.8. The SMILES string of the molecule is COc1cc(/C=C/C2=NC3C(C(=O)C(C)C(=O)N3C)N2CCO)cc(OC)c1OC. The van der Waals surface area contributed by atoms with Crippen molar-refractivity contribution in [1.29, 1.82) is 0 Å². The molecule has 30 heavy (non-hydrogen) atoms. The minimum absolute atomic E-state index is 0.139. The highest BCUT2D eigenvalue weighted by molar-refractivity contribution is 6.10. The van der Waals surface area contributed by atoms with E-state index in [1.54, 1.807) is 57.4 Å². The molecule has 3 rings (SSSR count). The second kappa shape index (κ2) is 8.74. The Morgan fingerprint density at radius 2 is 1.73 bits per heavy atom. The van der Waals surface area contributed by atoms with Crippen LogP contribution in [-0.2, 0) is 9.59 Å². The number of fused-ring (bicyclic) bond motifs is 1. The number of piperidine rings is 1. The van der Waals surface area contributed by atoms with Gasteiger partial charge in [0.05, 0.1) is 33.9 Å². The number of benzene rings is 1. The lowest BCUT2D eigenvalue weighted by atomic mass is 9.91. The predicted molar refractivity (Wildman–Crippen MR) is 111 cm³/mol. The molecule has 3 atom stereocenters. The molecule has 1 aromatic rings. The van der Waals surface area contributed by atoms with E-state index in [0.29, 0.717) is 23.1 Å². The van der Waals surface area contributed by atoms with Gasteiger partial charge in [0.2, 0.25) is 11.7 Å². The van der Waals surface area contributed by atoms with Crippen LogP contribution in [0.15, 0.2) is 23.2 Å². The molecule has 1 saturated heterocycles. The summed E-state index contributed by atoms with van der Waals surface area (Å²) in [4.78, 5) is 33.0. The van der Waals surface area contributed by atoms with Crippen molar-refractivity contribution in [3.05, 3.63) is 23.8 Å². The number of carbonyl (C=O) groups excluding carboxylic acids is 2. The third kappa shape index (κ3) is 3.60. The van der Waals surface area contributed by atoms with Gasteiger partial charge >= 0.3 is 0 Å². The number of hydrogen-bond acceptors (Lipinski definition) is 8. The molecule has 0 bridgehead atoms. The van der Waals surface area contributed by atoms with Crippen molar-refractivity contribution in [3.63, 3.8) is 0 Å². The van der Waals surface area contributed by atoms with Crippen molar-refractivity contribution in [2.45, 2.75) is 19.1 Å². The lowest BCUT2D eigenvalue weighted by Crippen LogP contribution is -2.60. The quantitative estimate of drug-likeness (QED) is 0.655. The van der Waals surface area contributed by atoms with Crippen molar-refractivity contribution in [1.82, 2.24) is 9.80 Å². The summed E-state index contributed by atoms with van der Waals surface area (Å²) in [7, 11) is 6.27. The smallest absolute Gasteiger partial charge is 0.234 e. The number of rotatable bonds is 7. The molecular weight excluding hydrogens is 390 g/mol. The van der Waals surface area contributed by atoms with Crippen molar-refractivity contribution < 1.29 is 28.9 Å². The van der Waals surface area contributed by atoms with E-state index in [2.05, 4.69) is 4.99 Å². The zero-order chi connectivity index (χ0) is 22.0. The summed E-state index contributed by atoms with van der Waals surface area (Å²) in [5, 5.41) is 9.52. The summed E-state index contributed by atoms with van der Waals surface area (Å²) in [5.41, 5.74) is 0.773. The van der Waals surface area contributed by atoms with E-state index >= 15 is 0 Å². The van der Waals surface area contributed by atoms with Gasteiger partial charge in [0, 0.05) is 13.6 Å². The van der Waals surface area contributed by atoms with E-state index in [-0.39, 0.29) is 24.8 Å². The summed E-state index contributed by atoms with van der Waals surface area (Å²) in [6.45, 7) is 1.71. The molecule has 1 fully saturated rings. The maximum absolute atomic E-state index is 12.8. The Labute approximate surface area is 175 Å². The number of β-amino-alcohol motifs (C(OH)–C–C–N with tert-alkyl or cyclic N) is 1. The fourth-order valence-corrected chi connectivity index (χ4v) is 3.86. The van der Waals surface area contributed by atoms with Gasteiger partial charge in [-0.05, 0) is 30.7 Å². The molecule has 3 unspecified atom stereocenters. The van der Waals surface area contributed by atoms with E-state index in [1.807, 2.05) is 0 Å². The van der Waals surface area contributed by atoms with Crippen LogP contribution in [0.2, 0.25) is 0 Å². The van der Waals surface area contributed by atoms with Crippen molar-refractivity contribution in [2.24, 2.45) is 10.9 Å². The minimum Gasteiger partial charge on any atom is -0.493 e. The predicted octanol–water partition coefficient (Wildman–Crippen LogP) is 0.804. The van der Waals surface area contributed by atoms with Gasteiger partial charge < -0.3 is 29.1 Å². The summed E-state index contributed by atoms with van der Waals surface area (Å²) < 4.78 is 16.1. The molecule has 2 heterocycles. The molecule has 9 heteroatoms. The average molecular weight is 417 g/mol. The van der Waals surface area contributed by atoms with Crippen LogP contribution in [0.25, 0.3) is 6.08 Å². The Bertz CT molecular complexity index is 872. The van der Waals surface area contributed by atoms with E-state index in [4.69, 9.17) is 14.2 Å². The number of Topliss-reactive ketones (excluding diaryl/α,β-unsaturated/α-hetero) is 1. The Balaban J connectivity index is 1.96. The molecule has 2 aliphatic heterocycles. The van der Waals surface area contributed by atoms with Gasteiger partial charge in [0.1, 0.15) is 11.9 Å². The Hall–Kier alpha value is -3.07. The number of hydrogen-bond donors (Lipinski definition) is 1. The van der Waals surface area contributed by atoms with Crippen LogP contribution < -0.4 is 14.2 Å². The standard InChI is InChI=1S/C21H27N3O6/c1-12-18(26)17-20(23(2)21(12)27)22-16(24(17)8-9-25)7-6-13-10-14(28-3)19(30-5)15(11-13)29-4/h6-7,10-12,17,20,25H,8-9H2,1-5H3/b7-6+. The van der Waals surface area contributed by atoms with Crippen LogP contribution in [0.4, 0.5) is 0 Å². The second-order valence-electron chi connectivity index (χ2n) is 7.13. The molecule has 1 aromatic carbocycles. The summed E-state index contributed by atoms with van der Waals surface area (Å²) in [6.07, 6.45) is 2.96. The van der Waals surface area contributed by atoms with Crippen LogP contribution in [0, 0.1) is 5.92 Å². The Kier molecular flexibility index (Phi) is 6.31. The average Bonchev–Trinajstić information content (AvgIpc) is 3.12. The number of nitrogens with zero attached hydrogens (tertiary/aromatic N) is 3. The molecule has 0 spiro atoms. The number of likely N-dealkylation sites (N-methyl/N-ethyl adjacent to an activating group) is 1. The summed E-state index contributed by atoms with van der Waals surface area (Å²) in [6, 6.07) is 2.98. The van der Waals surface area contributed by atoms with Gasteiger partial charge in [0.15, 0.2) is 23.4 Å². The normalized spacial score (nSPS) is 23.7. The van der Waals surface area contributed by atoms with Crippen molar-refractivity contribution in [3.8, 4) is 17.2 Å². The fraction of sp³-hybridized carbons (Fsp3) is 0.476. The van der Waals surface area contributed by atoms with Crippen LogP contribution in [0.1, 0.15) is 12.5 Å². The number of methoxy groups -OCH3 is 3. The third-order valence-electron chi connectivity index (χ3n) is 5.46. The van der Waals surface area contributed by atoms with Crippen molar-refractivity contribution in [2.75, 3.05) is 41.5 Å². The third-order valence-corrected chi connectivity index (χ3v) is 5.46. The van der Waals surface area contributed by atoms with Gasteiger partial charge in [-0.3, -0.25) is 9.59 Å². The Morgan fingerprint density at radius 3 is 2.27 bits per heavy atom. The number of ether oxygens (including phenoxy) is 3.